The van der Waals surface area contributed by atoms with Gasteiger partial charge in [0.25, 0.3) is 5.56 Å². The summed E-state index contributed by atoms with van der Waals surface area (Å²) >= 11 is 3.31. The van der Waals surface area contributed by atoms with Crippen molar-refractivity contribution in [3.8, 4) is 0 Å². The number of aryl methyl sites for hydroxylation is 1. The van der Waals surface area contributed by atoms with Crippen molar-refractivity contribution in [2.24, 2.45) is 0 Å². The predicted octanol–water partition coefficient (Wildman–Crippen LogP) is 2.41. The van der Waals surface area contributed by atoms with Crippen molar-refractivity contribution in [2.45, 2.75) is 45.3 Å². The normalized spacial score (nSPS) is 15.9. The molecule has 1 heterocycles. The lowest BCUT2D eigenvalue weighted by Gasteiger charge is -2.12. The summed E-state index contributed by atoms with van der Waals surface area (Å²) in [6.45, 7) is 1.71. The summed E-state index contributed by atoms with van der Waals surface area (Å²) in [5.41, 5.74) is 0.458. The molecule has 0 aromatic carbocycles. The molecule has 0 unspecified atom stereocenters. The highest BCUT2D eigenvalue weighted by atomic mass is 79.9. The molecular formula is C13H16BrNO3. The van der Waals surface area contributed by atoms with Crippen LogP contribution in [0.3, 0.4) is 0 Å². The molecule has 0 spiro atoms. The molecule has 2 rings (SSSR count). The molecule has 0 amide bonds. The fourth-order valence-electron chi connectivity index (χ4n) is 2.23. The Kier molecular flexibility index (Phi) is 4.22. The predicted molar refractivity (Wildman–Crippen MR) is 71.5 cm³/mol. The minimum absolute atomic E-state index is 0.0182. The molecule has 1 aliphatic carbocycles. The number of esters is 1. The maximum atomic E-state index is 11.8. The van der Waals surface area contributed by atoms with Crippen LogP contribution in [-0.2, 0) is 16.1 Å². The molecule has 0 bridgehead atoms. The first-order chi connectivity index (χ1) is 8.56. The average molecular weight is 314 g/mol. The Morgan fingerprint density at radius 3 is 2.83 bits per heavy atom. The highest BCUT2D eigenvalue weighted by Gasteiger charge is 2.19. The van der Waals surface area contributed by atoms with E-state index in [0.29, 0.717) is 5.56 Å². The van der Waals surface area contributed by atoms with E-state index in [1.165, 1.54) is 4.57 Å². The van der Waals surface area contributed by atoms with E-state index < -0.39 is 0 Å². The molecule has 0 N–H and O–H groups in total. The smallest absolute Gasteiger partial charge is 0.326 e. The highest BCUT2D eigenvalue weighted by Crippen LogP contribution is 2.21. The van der Waals surface area contributed by atoms with Crippen LogP contribution in [0.5, 0.6) is 0 Å². The average Bonchev–Trinajstić information content (AvgIpc) is 2.77. The van der Waals surface area contributed by atoms with Gasteiger partial charge in [0.15, 0.2) is 0 Å². The molecule has 18 heavy (non-hydrogen) atoms. The first-order valence-electron chi connectivity index (χ1n) is 6.12. The molecule has 0 radical (unpaired) electrons. The van der Waals surface area contributed by atoms with E-state index in [1.54, 1.807) is 19.2 Å². The molecule has 4 nitrogen and oxygen atoms in total. The maximum absolute atomic E-state index is 11.8. The van der Waals surface area contributed by atoms with E-state index in [0.717, 1.165) is 30.2 Å². The molecule has 1 saturated carbocycles. The van der Waals surface area contributed by atoms with Gasteiger partial charge in [-0.15, -0.1) is 0 Å². The van der Waals surface area contributed by atoms with Gasteiger partial charge < -0.3 is 9.30 Å². The Morgan fingerprint density at radius 2 is 2.17 bits per heavy atom. The number of ether oxygens (including phenoxy) is 1. The van der Waals surface area contributed by atoms with E-state index in [-0.39, 0.29) is 24.2 Å². The summed E-state index contributed by atoms with van der Waals surface area (Å²) in [5, 5.41) is 0. The van der Waals surface area contributed by atoms with Gasteiger partial charge in [0, 0.05) is 16.2 Å². The minimum Gasteiger partial charge on any atom is -0.461 e. The third-order valence-corrected chi connectivity index (χ3v) is 3.57. The van der Waals surface area contributed by atoms with Crippen molar-refractivity contribution in [3.05, 3.63) is 32.7 Å². The number of aromatic nitrogens is 1. The van der Waals surface area contributed by atoms with E-state index in [9.17, 15) is 9.59 Å². The lowest BCUT2D eigenvalue weighted by atomic mass is 10.3. The number of halogens is 1. The van der Waals surface area contributed by atoms with E-state index in [2.05, 4.69) is 15.9 Å². The van der Waals surface area contributed by atoms with Crippen molar-refractivity contribution in [3.63, 3.8) is 0 Å². The second kappa shape index (κ2) is 5.69. The molecule has 1 fully saturated rings. The summed E-state index contributed by atoms with van der Waals surface area (Å²) in [7, 11) is 0. The molecule has 98 valence electrons. The summed E-state index contributed by atoms with van der Waals surface area (Å²) in [5.74, 6) is -0.332. The SMILES string of the molecule is Cc1cc(Br)cn(CC(=O)OC2CCCC2)c1=O. The summed E-state index contributed by atoms with van der Waals surface area (Å²) in [4.78, 5) is 23.6. The van der Waals surface area contributed by atoms with Crippen LogP contribution in [-0.4, -0.2) is 16.6 Å². The molecule has 1 aromatic rings. The summed E-state index contributed by atoms with van der Waals surface area (Å²) in [6, 6.07) is 1.74. The van der Waals surface area contributed by atoms with Gasteiger partial charge in [0.05, 0.1) is 0 Å². The standard InChI is InChI=1S/C13H16BrNO3/c1-9-6-10(14)7-15(13(9)17)8-12(16)18-11-4-2-3-5-11/h6-7,11H,2-5,8H2,1H3. The fourth-order valence-corrected chi connectivity index (χ4v) is 2.82. The van der Waals surface area contributed by atoms with Crippen LogP contribution in [0.2, 0.25) is 0 Å². The number of nitrogens with zero attached hydrogens (tertiary/aromatic N) is 1. The number of hydrogen-bond donors (Lipinski definition) is 0. The van der Waals surface area contributed by atoms with Gasteiger partial charge in [0.1, 0.15) is 12.6 Å². The second-order valence-electron chi connectivity index (χ2n) is 4.67. The van der Waals surface area contributed by atoms with Crippen LogP contribution in [0, 0.1) is 6.92 Å². The van der Waals surface area contributed by atoms with Crippen molar-refractivity contribution >= 4 is 21.9 Å². The first kappa shape index (κ1) is 13.3. The Morgan fingerprint density at radius 1 is 1.50 bits per heavy atom. The van der Waals surface area contributed by atoms with Gasteiger partial charge in [-0.05, 0) is 54.6 Å². The molecule has 1 aromatic heterocycles. The summed E-state index contributed by atoms with van der Waals surface area (Å²) in [6.07, 6.45) is 5.78. The molecule has 0 aliphatic heterocycles. The lowest BCUT2D eigenvalue weighted by Crippen LogP contribution is -2.28. The van der Waals surface area contributed by atoms with Crippen LogP contribution in [0.1, 0.15) is 31.2 Å². The van der Waals surface area contributed by atoms with Crippen LogP contribution in [0.4, 0.5) is 0 Å². The van der Waals surface area contributed by atoms with E-state index >= 15 is 0 Å². The van der Waals surface area contributed by atoms with Gasteiger partial charge in [0.2, 0.25) is 0 Å². The van der Waals surface area contributed by atoms with Crippen LogP contribution < -0.4 is 5.56 Å². The number of carbonyl (C=O) groups excluding carboxylic acids is 1. The molecule has 0 saturated heterocycles. The van der Waals surface area contributed by atoms with Crippen LogP contribution >= 0.6 is 15.9 Å². The van der Waals surface area contributed by atoms with Crippen molar-refractivity contribution in [2.75, 3.05) is 0 Å². The van der Waals surface area contributed by atoms with Gasteiger partial charge in [-0.3, -0.25) is 9.59 Å². The van der Waals surface area contributed by atoms with Crippen molar-refractivity contribution in [1.82, 2.24) is 4.57 Å². The number of carbonyl (C=O) groups is 1. The minimum atomic E-state index is -0.332. The largest absolute Gasteiger partial charge is 0.461 e. The Hall–Kier alpha value is -1.10. The molecule has 1 aliphatic rings. The number of hydrogen-bond acceptors (Lipinski definition) is 3. The maximum Gasteiger partial charge on any atom is 0.326 e. The monoisotopic (exact) mass is 313 g/mol. The van der Waals surface area contributed by atoms with Gasteiger partial charge in [-0.2, -0.15) is 0 Å². The van der Waals surface area contributed by atoms with Crippen LogP contribution in [0.25, 0.3) is 0 Å². The van der Waals surface area contributed by atoms with Crippen LogP contribution in [0.15, 0.2) is 21.5 Å². The first-order valence-corrected chi connectivity index (χ1v) is 6.91. The Labute approximate surface area is 114 Å². The molecule has 0 atom stereocenters. The molecular weight excluding hydrogens is 298 g/mol. The van der Waals surface area contributed by atoms with Crippen molar-refractivity contribution in [1.29, 1.82) is 0 Å². The zero-order chi connectivity index (χ0) is 13.1. The zero-order valence-electron chi connectivity index (χ0n) is 10.3. The van der Waals surface area contributed by atoms with E-state index in [4.69, 9.17) is 4.74 Å². The molecule has 5 heteroatoms. The lowest BCUT2D eigenvalue weighted by molar-refractivity contribution is -0.149. The topological polar surface area (TPSA) is 48.3 Å². The number of pyridine rings is 1. The number of rotatable bonds is 3. The Balaban J connectivity index is 2.04. The van der Waals surface area contributed by atoms with E-state index in [1.807, 2.05) is 0 Å². The van der Waals surface area contributed by atoms with Gasteiger partial charge >= 0.3 is 5.97 Å². The third-order valence-electron chi connectivity index (χ3n) is 3.13. The Bertz CT molecular complexity index is 503. The van der Waals surface area contributed by atoms with Gasteiger partial charge in [-0.1, -0.05) is 0 Å². The fraction of sp³-hybridized carbons (Fsp3) is 0.538. The van der Waals surface area contributed by atoms with Crippen molar-refractivity contribution < 1.29 is 9.53 Å². The third kappa shape index (κ3) is 3.22. The second-order valence-corrected chi connectivity index (χ2v) is 5.59. The van der Waals surface area contributed by atoms with Gasteiger partial charge in [-0.25, -0.2) is 0 Å². The summed E-state index contributed by atoms with van der Waals surface area (Å²) < 4.78 is 7.51. The highest BCUT2D eigenvalue weighted by molar-refractivity contribution is 9.10. The zero-order valence-corrected chi connectivity index (χ0v) is 11.9. The quantitative estimate of drug-likeness (QED) is 0.805.